The molecule has 0 bridgehead atoms. The maximum atomic E-state index is 14.1. The third-order valence-corrected chi connectivity index (χ3v) is 4.19. The van der Waals surface area contributed by atoms with Crippen molar-refractivity contribution in [1.82, 2.24) is 5.32 Å². The van der Waals surface area contributed by atoms with Crippen LogP contribution < -0.4 is 10.2 Å². The number of nitrogens with one attached hydrogen (secondary N) is 1. The van der Waals surface area contributed by atoms with Crippen LogP contribution in [0.4, 0.5) is 10.1 Å². The first-order valence-electron chi connectivity index (χ1n) is 6.98. The number of nitrogens with zero attached hydrogens (tertiary/aromatic N) is 1. The highest BCUT2D eigenvalue weighted by Crippen LogP contribution is 2.23. The van der Waals surface area contributed by atoms with Gasteiger partial charge in [0.05, 0.1) is 5.69 Å². The molecule has 1 aliphatic heterocycles. The van der Waals surface area contributed by atoms with E-state index in [9.17, 15) is 4.39 Å². The largest absolute Gasteiger partial charge is 0.368 e. The van der Waals surface area contributed by atoms with E-state index in [1.54, 1.807) is 6.07 Å². The Morgan fingerprint density at radius 2 is 2.05 bits per heavy atom. The first-order chi connectivity index (χ1) is 9.16. The molecule has 1 saturated heterocycles. The van der Waals surface area contributed by atoms with Crippen molar-refractivity contribution in [2.45, 2.75) is 20.4 Å². The second-order valence-corrected chi connectivity index (χ2v) is 6.63. The Balaban J connectivity index is 1.96. The van der Waals surface area contributed by atoms with Crippen LogP contribution in [0.25, 0.3) is 0 Å². The van der Waals surface area contributed by atoms with Crippen molar-refractivity contribution in [3.05, 3.63) is 29.6 Å². The van der Waals surface area contributed by atoms with E-state index in [4.69, 9.17) is 0 Å². The van der Waals surface area contributed by atoms with Crippen molar-refractivity contribution in [1.29, 1.82) is 0 Å². The van der Waals surface area contributed by atoms with Crippen molar-refractivity contribution in [3.63, 3.8) is 0 Å². The fourth-order valence-corrected chi connectivity index (χ4v) is 3.13. The van der Waals surface area contributed by atoms with E-state index < -0.39 is 0 Å². The van der Waals surface area contributed by atoms with Gasteiger partial charge in [0.2, 0.25) is 0 Å². The van der Waals surface area contributed by atoms with E-state index in [2.05, 4.69) is 24.1 Å². The minimum absolute atomic E-state index is 0.0873. The molecule has 4 heteroatoms. The van der Waals surface area contributed by atoms with Crippen molar-refractivity contribution in [2.24, 2.45) is 5.92 Å². The summed E-state index contributed by atoms with van der Waals surface area (Å²) in [7, 11) is 0. The van der Waals surface area contributed by atoms with Crippen LogP contribution in [0.15, 0.2) is 18.2 Å². The maximum absolute atomic E-state index is 14.1. The molecular weight excluding hydrogens is 259 g/mol. The molecule has 1 aromatic carbocycles. The monoisotopic (exact) mass is 282 g/mol. The van der Waals surface area contributed by atoms with Gasteiger partial charge in [-0.1, -0.05) is 19.9 Å². The van der Waals surface area contributed by atoms with E-state index in [-0.39, 0.29) is 5.82 Å². The molecule has 19 heavy (non-hydrogen) atoms. The van der Waals surface area contributed by atoms with Gasteiger partial charge < -0.3 is 10.2 Å². The zero-order valence-corrected chi connectivity index (χ0v) is 12.6. The molecular formula is C15H23FN2S. The standard InChI is InChI=1S/C15H23FN2S/c1-12(2)10-17-11-13-3-4-15(14(16)9-13)18-5-7-19-8-6-18/h3-4,9,12,17H,5-8,10-11H2,1-2H3. The van der Waals surface area contributed by atoms with Crippen LogP contribution in [0.1, 0.15) is 19.4 Å². The number of hydrogen-bond donors (Lipinski definition) is 1. The van der Waals surface area contributed by atoms with E-state index in [1.165, 1.54) is 0 Å². The summed E-state index contributed by atoms with van der Waals surface area (Å²) < 4.78 is 14.1. The number of anilines is 1. The highest BCUT2D eigenvalue weighted by atomic mass is 32.2. The Kier molecular flexibility index (Phi) is 5.52. The Hall–Kier alpha value is -0.740. The second kappa shape index (κ2) is 7.15. The molecule has 0 unspecified atom stereocenters. The number of halogens is 1. The van der Waals surface area contributed by atoms with Crippen LogP contribution in [-0.2, 0) is 6.54 Å². The highest BCUT2D eigenvalue weighted by molar-refractivity contribution is 7.99. The van der Waals surface area contributed by atoms with Crippen molar-refractivity contribution < 1.29 is 4.39 Å². The van der Waals surface area contributed by atoms with Crippen LogP contribution >= 0.6 is 11.8 Å². The summed E-state index contributed by atoms with van der Waals surface area (Å²) in [6, 6.07) is 5.63. The van der Waals surface area contributed by atoms with Crippen LogP contribution in [0, 0.1) is 11.7 Å². The predicted molar refractivity (Wildman–Crippen MR) is 82.5 cm³/mol. The zero-order chi connectivity index (χ0) is 13.7. The summed E-state index contributed by atoms with van der Waals surface area (Å²) in [5, 5.41) is 3.34. The topological polar surface area (TPSA) is 15.3 Å². The molecule has 1 heterocycles. The summed E-state index contributed by atoms with van der Waals surface area (Å²) in [5.41, 5.74) is 1.78. The Bertz CT molecular complexity index is 403. The van der Waals surface area contributed by atoms with Crippen LogP contribution in [0.5, 0.6) is 0 Å². The van der Waals surface area contributed by atoms with Gasteiger partial charge in [-0.3, -0.25) is 0 Å². The van der Waals surface area contributed by atoms with Crippen LogP contribution in [0.2, 0.25) is 0 Å². The maximum Gasteiger partial charge on any atom is 0.146 e. The summed E-state index contributed by atoms with van der Waals surface area (Å²) in [6.45, 7) is 7.95. The molecule has 0 saturated carbocycles. The molecule has 1 aliphatic rings. The van der Waals surface area contributed by atoms with Gasteiger partial charge >= 0.3 is 0 Å². The first-order valence-corrected chi connectivity index (χ1v) is 8.14. The van der Waals surface area contributed by atoms with Crippen LogP contribution in [-0.4, -0.2) is 31.1 Å². The van der Waals surface area contributed by atoms with E-state index in [0.717, 1.165) is 48.9 Å². The Labute approximate surface area is 119 Å². The zero-order valence-electron chi connectivity index (χ0n) is 11.8. The lowest BCUT2D eigenvalue weighted by atomic mass is 10.1. The summed E-state index contributed by atoms with van der Waals surface area (Å²) >= 11 is 1.94. The van der Waals surface area contributed by atoms with Gasteiger partial charge in [-0.25, -0.2) is 4.39 Å². The van der Waals surface area contributed by atoms with Crippen molar-refractivity contribution in [3.8, 4) is 0 Å². The van der Waals surface area contributed by atoms with E-state index in [0.29, 0.717) is 5.92 Å². The smallest absolute Gasteiger partial charge is 0.146 e. The SMILES string of the molecule is CC(C)CNCc1ccc(N2CCSCC2)c(F)c1. The number of rotatable bonds is 5. The molecule has 2 rings (SSSR count). The Morgan fingerprint density at radius 3 is 2.68 bits per heavy atom. The van der Waals surface area contributed by atoms with E-state index >= 15 is 0 Å². The molecule has 2 nitrogen and oxygen atoms in total. The summed E-state index contributed by atoms with van der Waals surface area (Å²) in [5.74, 6) is 2.72. The fourth-order valence-electron chi connectivity index (χ4n) is 2.23. The van der Waals surface area contributed by atoms with Crippen LogP contribution in [0.3, 0.4) is 0 Å². The molecule has 0 aromatic heterocycles. The number of thioether (sulfide) groups is 1. The third kappa shape index (κ3) is 4.39. The molecule has 106 valence electrons. The molecule has 1 N–H and O–H groups in total. The Morgan fingerprint density at radius 1 is 1.32 bits per heavy atom. The number of benzene rings is 1. The highest BCUT2D eigenvalue weighted by Gasteiger charge is 2.15. The van der Waals surface area contributed by atoms with E-state index in [1.807, 2.05) is 23.9 Å². The average molecular weight is 282 g/mol. The third-order valence-electron chi connectivity index (χ3n) is 3.25. The second-order valence-electron chi connectivity index (χ2n) is 5.41. The molecule has 0 amide bonds. The summed E-state index contributed by atoms with van der Waals surface area (Å²) in [4.78, 5) is 2.15. The molecule has 0 atom stereocenters. The first kappa shape index (κ1) is 14.7. The lowest BCUT2D eigenvalue weighted by molar-refractivity contribution is 0.550. The van der Waals surface area contributed by atoms with Gasteiger partial charge in [-0.05, 0) is 30.2 Å². The van der Waals surface area contributed by atoms with Crippen molar-refractivity contribution >= 4 is 17.4 Å². The van der Waals surface area contributed by atoms with Gasteiger partial charge in [0.1, 0.15) is 5.82 Å². The molecule has 0 spiro atoms. The fraction of sp³-hybridized carbons (Fsp3) is 0.600. The van der Waals surface area contributed by atoms with Gasteiger partial charge in [0, 0.05) is 31.1 Å². The lowest BCUT2D eigenvalue weighted by Gasteiger charge is -2.29. The molecule has 1 fully saturated rings. The minimum atomic E-state index is -0.0873. The van der Waals surface area contributed by atoms with Gasteiger partial charge in [0.15, 0.2) is 0 Å². The van der Waals surface area contributed by atoms with Gasteiger partial charge in [-0.2, -0.15) is 11.8 Å². The normalized spacial score (nSPS) is 16.1. The average Bonchev–Trinajstić information content (AvgIpc) is 2.39. The molecule has 1 aromatic rings. The van der Waals surface area contributed by atoms with Crippen molar-refractivity contribution in [2.75, 3.05) is 36.0 Å². The minimum Gasteiger partial charge on any atom is -0.368 e. The quantitative estimate of drug-likeness (QED) is 0.893. The molecule has 0 aliphatic carbocycles. The number of hydrogen-bond acceptors (Lipinski definition) is 3. The van der Waals surface area contributed by atoms with Gasteiger partial charge in [-0.15, -0.1) is 0 Å². The van der Waals surface area contributed by atoms with Gasteiger partial charge in [0.25, 0.3) is 0 Å². The predicted octanol–water partition coefficient (Wildman–Crippen LogP) is 3.12. The molecule has 0 radical (unpaired) electrons. The lowest BCUT2D eigenvalue weighted by Crippen LogP contribution is -2.33. The summed E-state index contributed by atoms with van der Waals surface area (Å²) in [6.07, 6.45) is 0.